The molecule has 4 rings (SSSR count). The minimum atomic E-state index is -0.559. The molecule has 0 aromatic heterocycles. The molecule has 0 bridgehead atoms. The summed E-state index contributed by atoms with van der Waals surface area (Å²) in [5.41, 5.74) is 3.50. The second kappa shape index (κ2) is 7.68. The number of hydrogen-bond donors (Lipinski definition) is 1. The van der Waals surface area contributed by atoms with Crippen LogP contribution in [0, 0.1) is 12.7 Å². The smallest absolute Gasteiger partial charge is 0.255 e. The van der Waals surface area contributed by atoms with Gasteiger partial charge in [0.05, 0.1) is 6.04 Å². The number of amides is 2. The van der Waals surface area contributed by atoms with Gasteiger partial charge in [0.2, 0.25) is 5.91 Å². The van der Waals surface area contributed by atoms with Crippen LogP contribution < -0.4 is 5.32 Å². The molecule has 29 heavy (non-hydrogen) atoms. The van der Waals surface area contributed by atoms with Gasteiger partial charge in [-0.3, -0.25) is 9.59 Å². The van der Waals surface area contributed by atoms with Crippen LogP contribution in [0.5, 0.6) is 0 Å². The van der Waals surface area contributed by atoms with E-state index in [-0.39, 0.29) is 24.2 Å². The Morgan fingerprint density at radius 3 is 2.59 bits per heavy atom. The molecule has 0 spiro atoms. The van der Waals surface area contributed by atoms with Gasteiger partial charge in [-0.15, -0.1) is 0 Å². The number of aryl methyl sites for hydroxylation is 1. The molecular formula is C23H18ClFN2O2. The molecule has 3 aromatic rings. The molecule has 0 saturated heterocycles. The number of benzene rings is 3. The Balaban J connectivity index is 1.90. The first-order valence-corrected chi connectivity index (χ1v) is 9.52. The lowest BCUT2D eigenvalue weighted by Gasteiger charge is -2.31. The fraction of sp³-hybridized carbons (Fsp3) is 0.130. The van der Waals surface area contributed by atoms with Crippen molar-refractivity contribution in [2.24, 2.45) is 0 Å². The van der Waals surface area contributed by atoms with E-state index < -0.39 is 6.04 Å². The van der Waals surface area contributed by atoms with Gasteiger partial charge in [0.1, 0.15) is 12.4 Å². The highest BCUT2D eigenvalue weighted by atomic mass is 35.5. The lowest BCUT2D eigenvalue weighted by molar-refractivity contribution is -0.117. The van der Waals surface area contributed by atoms with Gasteiger partial charge in [0.25, 0.3) is 5.91 Å². The van der Waals surface area contributed by atoms with Gasteiger partial charge in [-0.05, 0) is 48.9 Å². The Bertz CT molecular complexity index is 1100. The van der Waals surface area contributed by atoms with E-state index in [0.29, 0.717) is 21.8 Å². The first-order chi connectivity index (χ1) is 13.9. The van der Waals surface area contributed by atoms with Crippen LogP contribution in [0.25, 0.3) is 0 Å². The largest absolute Gasteiger partial charge is 0.324 e. The number of halogens is 2. The Morgan fingerprint density at radius 2 is 1.86 bits per heavy atom. The molecule has 0 aliphatic carbocycles. The highest BCUT2D eigenvalue weighted by Crippen LogP contribution is 2.37. The molecule has 0 unspecified atom stereocenters. The molecular weight excluding hydrogens is 391 g/mol. The third-order valence-electron chi connectivity index (χ3n) is 4.92. The van der Waals surface area contributed by atoms with Crippen LogP contribution in [0.4, 0.5) is 10.1 Å². The average Bonchev–Trinajstić information content (AvgIpc) is 2.84. The third kappa shape index (κ3) is 3.87. The Labute approximate surface area is 172 Å². The number of nitrogens with one attached hydrogen (secondary N) is 1. The topological polar surface area (TPSA) is 49.4 Å². The zero-order valence-electron chi connectivity index (χ0n) is 15.7. The van der Waals surface area contributed by atoms with E-state index in [1.165, 1.54) is 17.0 Å². The van der Waals surface area contributed by atoms with Crippen molar-refractivity contribution in [3.8, 4) is 0 Å². The zero-order valence-corrected chi connectivity index (χ0v) is 16.4. The molecule has 1 atom stereocenters. The van der Waals surface area contributed by atoms with Crippen LogP contribution in [-0.2, 0) is 4.79 Å². The van der Waals surface area contributed by atoms with E-state index in [0.717, 1.165) is 11.1 Å². The Morgan fingerprint density at radius 1 is 1.10 bits per heavy atom. The predicted octanol–water partition coefficient (Wildman–Crippen LogP) is 4.97. The van der Waals surface area contributed by atoms with Crippen molar-refractivity contribution in [2.75, 3.05) is 11.9 Å². The SMILES string of the molecule is Cc1ccc2c(c1)[C@H](c1ccc(F)cc1)N(C(=O)c1cccc(Cl)c1)CC(=O)N2. The van der Waals surface area contributed by atoms with Crippen molar-refractivity contribution >= 4 is 29.1 Å². The summed E-state index contributed by atoms with van der Waals surface area (Å²) < 4.78 is 13.6. The molecule has 0 fully saturated rings. The van der Waals surface area contributed by atoms with E-state index >= 15 is 0 Å². The maximum atomic E-state index is 13.6. The third-order valence-corrected chi connectivity index (χ3v) is 5.15. The van der Waals surface area contributed by atoms with Crippen LogP contribution in [0.1, 0.15) is 33.1 Å². The van der Waals surface area contributed by atoms with Gasteiger partial charge in [-0.2, -0.15) is 0 Å². The highest BCUT2D eigenvalue weighted by Gasteiger charge is 2.34. The first kappa shape index (κ1) is 19.2. The number of rotatable bonds is 2. The molecule has 0 saturated carbocycles. The van der Waals surface area contributed by atoms with Crippen LogP contribution >= 0.6 is 11.6 Å². The first-order valence-electron chi connectivity index (χ1n) is 9.15. The number of anilines is 1. The standard InChI is InChI=1S/C23H18ClFN2O2/c1-14-5-10-20-19(11-14)22(15-6-8-18(25)9-7-15)27(13-21(28)26-20)23(29)16-3-2-4-17(24)12-16/h2-12,22H,13H2,1H3,(H,26,28)/t22-/m0/s1. The lowest BCUT2D eigenvalue weighted by Crippen LogP contribution is -2.39. The summed E-state index contributed by atoms with van der Waals surface area (Å²) in [5.74, 6) is -0.991. The molecule has 1 N–H and O–H groups in total. The maximum absolute atomic E-state index is 13.6. The van der Waals surface area contributed by atoms with Gasteiger partial charge >= 0.3 is 0 Å². The van der Waals surface area contributed by atoms with Gasteiger partial charge < -0.3 is 10.2 Å². The van der Waals surface area contributed by atoms with Crippen molar-refractivity contribution in [3.63, 3.8) is 0 Å². The quantitative estimate of drug-likeness (QED) is 0.650. The Hall–Kier alpha value is -3.18. The van der Waals surface area contributed by atoms with E-state index in [1.807, 2.05) is 25.1 Å². The number of carbonyl (C=O) groups is 2. The van der Waals surface area contributed by atoms with Crippen LogP contribution in [0.15, 0.2) is 66.7 Å². The maximum Gasteiger partial charge on any atom is 0.255 e. The minimum Gasteiger partial charge on any atom is -0.324 e. The normalized spacial score (nSPS) is 16.0. The van der Waals surface area contributed by atoms with Gasteiger partial charge in [-0.1, -0.05) is 47.5 Å². The number of carbonyl (C=O) groups excluding carboxylic acids is 2. The molecule has 6 heteroatoms. The van der Waals surface area contributed by atoms with Crippen LogP contribution in [-0.4, -0.2) is 23.3 Å². The molecule has 1 heterocycles. The van der Waals surface area contributed by atoms with E-state index in [9.17, 15) is 14.0 Å². The second-order valence-electron chi connectivity index (χ2n) is 7.04. The van der Waals surface area contributed by atoms with E-state index in [1.54, 1.807) is 36.4 Å². The van der Waals surface area contributed by atoms with Gasteiger partial charge in [0, 0.05) is 21.8 Å². The van der Waals surface area contributed by atoms with Crippen molar-refractivity contribution in [2.45, 2.75) is 13.0 Å². The summed E-state index contributed by atoms with van der Waals surface area (Å²) in [7, 11) is 0. The van der Waals surface area contributed by atoms with Crippen LogP contribution in [0.3, 0.4) is 0 Å². The summed E-state index contributed by atoms with van der Waals surface area (Å²) in [5, 5.41) is 3.31. The fourth-order valence-electron chi connectivity index (χ4n) is 3.61. The summed E-state index contributed by atoms with van der Waals surface area (Å²) in [6.07, 6.45) is 0. The lowest BCUT2D eigenvalue weighted by atomic mass is 9.94. The minimum absolute atomic E-state index is 0.138. The molecule has 1 aliphatic heterocycles. The van der Waals surface area contributed by atoms with Crippen molar-refractivity contribution in [1.29, 1.82) is 0 Å². The number of fused-ring (bicyclic) bond motifs is 1. The van der Waals surface area contributed by atoms with Crippen molar-refractivity contribution in [3.05, 3.63) is 99.8 Å². The molecule has 1 aliphatic rings. The molecule has 3 aromatic carbocycles. The summed E-state index contributed by atoms with van der Waals surface area (Å²) >= 11 is 6.07. The van der Waals surface area contributed by atoms with E-state index in [4.69, 9.17) is 11.6 Å². The van der Waals surface area contributed by atoms with Gasteiger partial charge in [0.15, 0.2) is 0 Å². The van der Waals surface area contributed by atoms with E-state index in [2.05, 4.69) is 5.32 Å². The Kier molecular flexibility index (Phi) is 5.07. The average molecular weight is 409 g/mol. The van der Waals surface area contributed by atoms with Crippen molar-refractivity contribution in [1.82, 2.24) is 4.90 Å². The predicted molar refractivity (Wildman–Crippen MR) is 111 cm³/mol. The van der Waals surface area contributed by atoms with Gasteiger partial charge in [-0.25, -0.2) is 4.39 Å². The number of nitrogens with zero attached hydrogens (tertiary/aromatic N) is 1. The molecule has 0 radical (unpaired) electrons. The highest BCUT2D eigenvalue weighted by molar-refractivity contribution is 6.31. The van der Waals surface area contributed by atoms with Crippen molar-refractivity contribution < 1.29 is 14.0 Å². The summed E-state index contributed by atoms with van der Waals surface area (Å²) in [4.78, 5) is 27.5. The number of hydrogen-bond acceptors (Lipinski definition) is 2. The summed E-state index contributed by atoms with van der Waals surface area (Å²) in [6.45, 7) is 1.80. The molecule has 4 nitrogen and oxygen atoms in total. The molecule has 146 valence electrons. The second-order valence-corrected chi connectivity index (χ2v) is 7.47. The molecule has 2 amide bonds. The zero-order chi connectivity index (χ0) is 20.5. The monoisotopic (exact) mass is 408 g/mol. The summed E-state index contributed by atoms with van der Waals surface area (Å²) in [6, 6.07) is 17.7. The van der Waals surface area contributed by atoms with Crippen LogP contribution in [0.2, 0.25) is 5.02 Å². The fourth-order valence-corrected chi connectivity index (χ4v) is 3.80.